The van der Waals surface area contributed by atoms with Gasteiger partial charge in [0.25, 0.3) is 0 Å². The lowest BCUT2D eigenvalue weighted by molar-refractivity contribution is -0.139. The third-order valence-electron chi connectivity index (χ3n) is 3.95. The molecule has 0 saturated carbocycles. The molecule has 2 aliphatic heterocycles. The molecule has 5 nitrogen and oxygen atoms in total. The lowest BCUT2D eigenvalue weighted by atomic mass is 9.94. The van der Waals surface area contributed by atoms with Gasteiger partial charge in [-0.2, -0.15) is 0 Å². The van der Waals surface area contributed by atoms with Crippen LogP contribution in [-0.2, 0) is 14.3 Å². The number of amidine groups is 1. The first-order valence-electron chi connectivity index (χ1n) is 7.66. The molecule has 0 N–H and O–H groups in total. The van der Waals surface area contributed by atoms with Gasteiger partial charge in [0.15, 0.2) is 5.17 Å². The zero-order valence-corrected chi connectivity index (χ0v) is 15.1. The molecule has 2 atom stereocenters. The second kappa shape index (κ2) is 6.61. The summed E-state index contributed by atoms with van der Waals surface area (Å²) >= 11 is 7.76. The van der Waals surface area contributed by atoms with Crippen LogP contribution in [-0.4, -0.2) is 33.8 Å². The Labute approximate surface area is 149 Å². The van der Waals surface area contributed by atoms with E-state index in [4.69, 9.17) is 16.3 Å². The van der Waals surface area contributed by atoms with Crippen LogP contribution < -0.4 is 0 Å². The third-order valence-corrected chi connectivity index (χ3v) is 5.35. The highest BCUT2D eigenvalue weighted by Crippen LogP contribution is 2.44. The predicted octanol–water partition coefficient (Wildman–Crippen LogP) is 3.55. The summed E-state index contributed by atoms with van der Waals surface area (Å²) in [4.78, 5) is 31.2. The molecule has 7 heteroatoms. The van der Waals surface area contributed by atoms with Gasteiger partial charge < -0.3 is 4.74 Å². The third kappa shape index (κ3) is 2.74. The fourth-order valence-corrected chi connectivity index (χ4v) is 4.13. The van der Waals surface area contributed by atoms with Crippen molar-refractivity contribution in [3.63, 3.8) is 0 Å². The standard InChI is InChI=1S/C17H17ClN2O3S/c1-4-23-16(22)13-9(2)19-17-20(15(21)10(3)24-17)14(13)11-7-5-6-8-12(11)18/h5-8,10,14H,4H2,1-3H3/t10-,14+/m0/s1. The zero-order chi connectivity index (χ0) is 17.4. The summed E-state index contributed by atoms with van der Waals surface area (Å²) in [7, 11) is 0. The van der Waals surface area contributed by atoms with E-state index < -0.39 is 12.0 Å². The highest BCUT2D eigenvalue weighted by atomic mass is 35.5. The minimum Gasteiger partial charge on any atom is -0.463 e. The Hall–Kier alpha value is -1.79. The van der Waals surface area contributed by atoms with E-state index in [0.717, 1.165) is 0 Å². The lowest BCUT2D eigenvalue weighted by Gasteiger charge is -2.33. The number of nitrogens with zero attached hydrogens (tertiary/aromatic N) is 2. The monoisotopic (exact) mass is 364 g/mol. The largest absolute Gasteiger partial charge is 0.463 e. The number of ether oxygens (including phenoxy) is 1. The van der Waals surface area contributed by atoms with Crippen molar-refractivity contribution in [2.45, 2.75) is 32.1 Å². The first-order valence-corrected chi connectivity index (χ1v) is 8.92. The van der Waals surface area contributed by atoms with Crippen LogP contribution in [0.2, 0.25) is 5.02 Å². The number of hydrogen-bond donors (Lipinski definition) is 0. The zero-order valence-electron chi connectivity index (χ0n) is 13.6. The minimum absolute atomic E-state index is 0.0852. The molecule has 1 fully saturated rings. The van der Waals surface area contributed by atoms with Gasteiger partial charge in [-0.3, -0.25) is 9.69 Å². The molecule has 0 bridgehead atoms. The number of aliphatic imine (C=N–C) groups is 1. The minimum atomic E-state index is -0.616. The van der Waals surface area contributed by atoms with Crippen LogP contribution in [0.25, 0.3) is 0 Å². The Balaban J connectivity index is 2.18. The van der Waals surface area contributed by atoms with Crippen LogP contribution in [0.4, 0.5) is 0 Å². The van der Waals surface area contributed by atoms with Crippen molar-refractivity contribution in [3.8, 4) is 0 Å². The summed E-state index contributed by atoms with van der Waals surface area (Å²) < 4.78 is 5.20. The molecule has 2 heterocycles. The molecular formula is C17H17ClN2O3S. The summed E-state index contributed by atoms with van der Waals surface area (Å²) in [5.74, 6) is -0.557. The number of carbonyl (C=O) groups is 2. The fourth-order valence-electron chi connectivity index (χ4n) is 2.86. The Kier molecular flexibility index (Phi) is 4.69. The molecule has 0 aliphatic carbocycles. The molecule has 1 amide bonds. The molecule has 1 aromatic rings. The van der Waals surface area contributed by atoms with Gasteiger partial charge in [0, 0.05) is 5.02 Å². The maximum absolute atomic E-state index is 12.7. The van der Waals surface area contributed by atoms with Crippen LogP contribution >= 0.6 is 23.4 Å². The van der Waals surface area contributed by atoms with Crippen molar-refractivity contribution in [3.05, 3.63) is 46.1 Å². The lowest BCUT2D eigenvalue weighted by Crippen LogP contribution is -2.40. The summed E-state index contributed by atoms with van der Waals surface area (Å²) in [5, 5.41) is 0.849. The first kappa shape index (κ1) is 17.0. The molecular weight excluding hydrogens is 348 g/mol. The normalized spacial score (nSPS) is 23.2. The number of fused-ring (bicyclic) bond motifs is 1. The quantitative estimate of drug-likeness (QED) is 0.769. The van der Waals surface area contributed by atoms with Crippen LogP contribution in [0.1, 0.15) is 32.4 Å². The van der Waals surface area contributed by atoms with Crippen molar-refractivity contribution in [2.24, 2.45) is 4.99 Å². The molecule has 0 radical (unpaired) electrons. The van der Waals surface area contributed by atoms with Gasteiger partial charge in [-0.05, 0) is 32.4 Å². The molecule has 0 aromatic heterocycles. The second-order valence-corrected chi connectivity index (χ2v) is 7.22. The molecule has 1 aromatic carbocycles. The van der Waals surface area contributed by atoms with Crippen LogP contribution in [0, 0.1) is 0 Å². The number of carbonyl (C=O) groups excluding carboxylic acids is 2. The Bertz CT molecular complexity index is 775. The molecule has 24 heavy (non-hydrogen) atoms. The van der Waals surface area contributed by atoms with Crippen molar-refractivity contribution in [1.82, 2.24) is 4.90 Å². The highest BCUT2D eigenvalue weighted by molar-refractivity contribution is 8.15. The second-order valence-electron chi connectivity index (χ2n) is 5.51. The fraction of sp³-hybridized carbons (Fsp3) is 0.353. The number of allylic oxidation sites excluding steroid dienone is 1. The van der Waals surface area contributed by atoms with Gasteiger partial charge >= 0.3 is 5.97 Å². The van der Waals surface area contributed by atoms with Gasteiger partial charge in [0.1, 0.15) is 0 Å². The number of halogens is 1. The van der Waals surface area contributed by atoms with Crippen LogP contribution in [0.15, 0.2) is 40.5 Å². The van der Waals surface area contributed by atoms with Gasteiger partial charge in [0.05, 0.1) is 29.2 Å². The van der Waals surface area contributed by atoms with E-state index >= 15 is 0 Å². The molecule has 1 saturated heterocycles. The topological polar surface area (TPSA) is 59.0 Å². The van der Waals surface area contributed by atoms with Crippen molar-refractivity contribution in [2.75, 3.05) is 6.61 Å². The van der Waals surface area contributed by atoms with Crippen LogP contribution in [0.3, 0.4) is 0 Å². The van der Waals surface area contributed by atoms with Crippen molar-refractivity contribution >= 4 is 40.4 Å². The molecule has 126 valence electrons. The van der Waals surface area contributed by atoms with Crippen molar-refractivity contribution < 1.29 is 14.3 Å². The average Bonchev–Trinajstić information content (AvgIpc) is 2.81. The maximum atomic E-state index is 12.7. The van der Waals surface area contributed by atoms with E-state index in [9.17, 15) is 9.59 Å². The SMILES string of the molecule is CCOC(=O)C1=C(C)N=C2S[C@@H](C)C(=O)N2[C@@H]1c1ccccc1Cl. The highest BCUT2D eigenvalue weighted by Gasteiger charge is 2.46. The van der Waals surface area contributed by atoms with E-state index in [1.165, 1.54) is 11.8 Å². The van der Waals surface area contributed by atoms with Crippen molar-refractivity contribution in [1.29, 1.82) is 0 Å². The van der Waals surface area contributed by atoms with E-state index in [1.54, 1.807) is 24.8 Å². The Morgan fingerprint density at radius 1 is 1.42 bits per heavy atom. The van der Waals surface area contributed by atoms with Gasteiger partial charge in [0.2, 0.25) is 5.91 Å². The van der Waals surface area contributed by atoms with E-state index in [0.29, 0.717) is 27.0 Å². The number of benzene rings is 1. The maximum Gasteiger partial charge on any atom is 0.338 e. The number of esters is 1. The summed E-state index contributed by atoms with van der Waals surface area (Å²) in [6.07, 6.45) is 0. The smallest absolute Gasteiger partial charge is 0.338 e. The number of amides is 1. The first-order chi connectivity index (χ1) is 11.5. The number of rotatable bonds is 3. The van der Waals surface area contributed by atoms with E-state index in [1.807, 2.05) is 25.1 Å². The van der Waals surface area contributed by atoms with Crippen LogP contribution in [0.5, 0.6) is 0 Å². The summed E-state index contributed by atoms with van der Waals surface area (Å²) in [6.45, 7) is 5.58. The molecule has 0 unspecified atom stereocenters. The van der Waals surface area contributed by atoms with Gasteiger partial charge in [-0.15, -0.1) is 0 Å². The summed E-state index contributed by atoms with van der Waals surface area (Å²) in [6, 6.07) is 6.60. The Morgan fingerprint density at radius 2 is 2.12 bits per heavy atom. The molecule has 2 aliphatic rings. The van der Waals surface area contributed by atoms with E-state index in [2.05, 4.69) is 4.99 Å². The molecule has 3 rings (SSSR count). The van der Waals surface area contributed by atoms with Gasteiger partial charge in [-0.1, -0.05) is 41.6 Å². The summed E-state index contributed by atoms with van der Waals surface area (Å²) in [5.41, 5.74) is 1.60. The Morgan fingerprint density at radius 3 is 2.79 bits per heavy atom. The van der Waals surface area contributed by atoms with E-state index in [-0.39, 0.29) is 17.8 Å². The number of thioether (sulfide) groups is 1. The van der Waals surface area contributed by atoms with Gasteiger partial charge in [-0.25, -0.2) is 9.79 Å². The predicted molar refractivity (Wildman–Crippen MR) is 94.9 cm³/mol. The number of hydrogen-bond acceptors (Lipinski definition) is 5. The average molecular weight is 365 g/mol. The molecule has 0 spiro atoms.